The minimum absolute atomic E-state index is 0. The third-order valence-electron chi connectivity index (χ3n) is 24.9. The number of amides is 7. The first-order valence-electron chi connectivity index (χ1n) is 42.9. The third-order valence-corrected chi connectivity index (χ3v) is 24.9. The molecule has 36 nitrogen and oxygen atoms in total. The molecular weight excluding hydrogens is 2040 g/mol. The molecule has 732 valence electrons. The average Bonchev–Trinajstić information content (AvgIpc) is 1.61. The number of benzene rings is 4. The van der Waals surface area contributed by atoms with Gasteiger partial charge in [-0.3, -0.25) is 72.2 Å². The first kappa shape index (κ1) is 116. The van der Waals surface area contributed by atoms with Crippen LogP contribution in [0.15, 0.2) is 117 Å². The van der Waals surface area contributed by atoms with Gasteiger partial charge in [0.2, 0.25) is 21.7 Å². The van der Waals surface area contributed by atoms with Gasteiger partial charge in [0.05, 0.1) is 47.5 Å². The molecule has 1 aliphatic carbocycles. The van der Waals surface area contributed by atoms with Gasteiger partial charge in [0.1, 0.15) is 87.3 Å². The molecule has 4 aromatic heterocycles. The summed E-state index contributed by atoms with van der Waals surface area (Å²) in [6.45, 7) is 6.51. The Balaban J connectivity index is 0.000000241. The van der Waals surface area contributed by atoms with Gasteiger partial charge < -0.3 is 134 Å². The predicted octanol–water partition coefficient (Wildman–Crippen LogP) is -7.70. The number of carbonyl (C=O) groups excluding carboxylic acids is 9. The number of aliphatic hydroxyl groups is 2. The van der Waals surface area contributed by atoms with E-state index in [-0.39, 0.29) is 298 Å². The molecule has 7 amide bonds. The van der Waals surface area contributed by atoms with Gasteiger partial charge >= 0.3 is 132 Å². The monoisotopic (exact) mass is 2140 g/mol. The minimum Gasteiger partial charge on any atom is -1.00 e. The number of esters is 1. The summed E-state index contributed by atoms with van der Waals surface area (Å²) in [4.78, 5) is 176. The van der Waals surface area contributed by atoms with Gasteiger partial charge in [-0.2, -0.15) is 0 Å². The molecule has 8 N–H and O–H groups in total. The van der Waals surface area contributed by atoms with Gasteiger partial charge in [0, 0.05) is 155 Å². The molecule has 18 rings (SSSR count). The molecule has 139 heavy (non-hydrogen) atoms. The molecule has 49 heteroatoms. The fourth-order valence-corrected chi connectivity index (χ4v) is 18.5. The number of aliphatic hydroxyl groups excluding tert-OH is 1. The van der Waals surface area contributed by atoms with Crippen molar-refractivity contribution in [1.29, 1.82) is 0 Å². The molecule has 6 unspecified atom stereocenters. The number of aromatic nitrogens is 4. The number of nitrogens with one attached hydrogen (secondary N) is 4. The molecule has 1 saturated carbocycles. The second-order valence-corrected chi connectivity index (χ2v) is 33.3. The van der Waals surface area contributed by atoms with E-state index < -0.39 is 151 Å². The Morgan fingerprint density at radius 2 is 0.755 bits per heavy atom. The summed E-state index contributed by atoms with van der Waals surface area (Å²) in [6, 6.07) is 12.0. The number of fused-ring (bicyclic) bond motifs is 18. The molecular formula is C90H96Br2F8K2MgN14O22. The largest absolute Gasteiger partial charge is 2.00 e. The van der Waals surface area contributed by atoms with Crippen LogP contribution < -0.4 is 194 Å². The van der Waals surface area contributed by atoms with Crippen LogP contribution in [0.25, 0.3) is 0 Å². The molecule has 0 spiro atoms. The van der Waals surface area contributed by atoms with Gasteiger partial charge in [-0.25, -0.2) is 39.9 Å². The van der Waals surface area contributed by atoms with Crippen molar-refractivity contribution in [2.75, 3.05) is 60.6 Å². The van der Waals surface area contributed by atoms with E-state index >= 15 is 0 Å². The van der Waals surface area contributed by atoms with Crippen molar-refractivity contribution in [3.05, 3.63) is 252 Å². The number of halogens is 10. The van der Waals surface area contributed by atoms with Gasteiger partial charge in [-0.05, 0) is 68.7 Å². The van der Waals surface area contributed by atoms with E-state index in [9.17, 15) is 113 Å². The zero-order valence-electron chi connectivity index (χ0n) is 77.2. The van der Waals surface area contributed by atoms with Crippen LogP contribution in [0.5, 0.6) is 23.0 Å². The van der Waals surface area contributed by atoms with Crippen LogP contribution in [0.4, 0.5) is 35.1 Å². The summed E-state index contributed by atoms with van der Waals surface area (Å²) < 4.78 is 128. The van der Waals surface area contributed by atoms with Crippen LogP contribution in [0.3, 0.4) is 0 Å². The maximum Gasteiger partial charge on any atom is 2.00 e. The van der Waals surface area contributed by atoms with E-state index in [4.69, 9.17) is 19.5 Å². The predicted molar refractivity (Wildman–Crippen MR) is 459 cm³/mol. The van der Waals surface area contributed by atoms with Gasteiger partial charge in [0.15, 0.2) is 52.1 Å². The van der Waals surface area contributed by atoms with Crippen LogP contribution in [0, 0.1) is 52.5 Å². The Morgan fingerprint density at radius 3 is 1.04 bits per heavy atom. The summed E-state index contributed by atoms with van der Waals surface area (Å²) in [5.74, 6) is -12.9. The fourth-order valence-electron chi connectivity index (χ4n) is 18.5. The molecule has 4 aromatic carbocycles. The molecule has 6 bridgehead atoms. The molecule has 0 radical (unpaired) electrons. The van der Waals surface area contributed by atoms with Crippen molar-refractivity contribution in [1.82, 2.24) is 68.9 Å². The normalized spacial score (nSPS) is 19.8. The number of aromatic hydroxyl groups is 2. The molecule has 8 aromatic rings. The Bertz CT molecular complexity index is 6020. The first-order valence-corrected chi connectivity index (χ1v) is 42.9. The number of carbonyl (C=O) groups is 9. The van der Waals surface area contributed by atoms with E-state index in [0.717, 1.165) is 145 Å². The second kappa shape index (κ2) is 51.5. The maximum atomic E-state index is 13.9. The van der Waals surface area contributed by atoms with Crippen molar-refractivity contribution in [3.63, 3.8) is 0 Å². The van der Waals surface area contributed by atoms with Crippen molar-refractivity contribution in [3.8, 4) is 23.0 Å². The van der Waals surface area contributed by atoms with Crippen LogP contribution in [-0.2, 0) is 66.8 Å². The number of hydrogen-bond donors (Lipinski definition) is 8. The molecule has 6 saturated heterocycles. The Hall–Kier alpha value is -8.69. The summed E-state index contributed by atoms with van der Waals surface area (Å²) in [5.41, 5.74) is -5.34. The number of methoxy groups -OCH3 is 3. The number of ether oxygens (including phenoxy) is 3. The van der Waals surface area contributed by atoms with Crippen molar-refractivity contribution in [2.24, 2.45) is 5.92 Å². The van der Waals surface area contributed by atoms with Crippen LogP contribution >= 0.6 is 0 Å². The summed E-state index contributed by atoms with van der Waals surface area (Å²) in [7, 11) is 3.42. The van der Waals surface area contributed by atoms with E-state index in [2.05, 4.69) is 52.5 Å². The third kappa shape index (κ3) is 25.9. The topological polar surface area (TPSA) is 450 Å². The molecule has 10 aliphatic rings. The molecule has 9 atom stereocenters. The smallest absolute Gasteiger partial charge is 1.00 e. The van der Waals surface area contributed by atoms with Crippen molar-refractivity contribution in [2.45, 2.75) is 173 Å². The van der Waals surface area contributed by atoms with Gasteiger partial charge in [-0.1, -0.05) is 63.3 Å². The molecule has 9 aliphatic heterocycles. The van der Waals surface area contributed by atoms with E-state index in [1.54, 1.807) is 14.4 Å². The van der Waals surface area contributed by atoms with Crippen molar-refractivity contribution < 1.29 is 261 Å². The quantitative estimate of drug-likeness (QED) is 0.00752. The Labute approximate surface area is 911 Å². The summed E-state index contributed by atoms with van der Waals surface area (Å²) in [6.07, 6.45) is 15.5. The van der Waals surface area contributed by atoms with Crippen LogP contribution in [0.2, 0.25) is 0 Å². The fraction of sp³-hybridized carbons (Fsp3) is 0.411. The van der Waals surface area contributed by atoms with Gasteiger partial charge in [0.25, 0.3) is 47.8 Å². The summed E-state index contributed by atoms with van der Waals surface area (Å²) in [5, 5.41) is 57.5. The maximum absolute atomic E-state index is 13.9. The van der Waals surface area contributed by atoms with Crippen LogP contribution in [-0.4, -0.2) is 248 Å². The minimum atomic E-state index is -1.92. The number of piperidine rings is 3. The van der Waals surface area contributed by atoms with Crippen LogP contribution in [0.1, 0.15) is 185 Å². The van der Waals surface area contributed by atoms with Gasteiger partial charge in [-0.15, -0.1) is 0 Å². The Kier molecular flexibility index (Phi) is 42.8. The molecule has 13 heterocycles. The zero-order chi connectivity index (χ0) is 96.5. The van der Waals surface area contributed by atoms with E-state index in [1.165, 1.54) is 85.1 Å². The number of hydrogen-bond acceptors (Lipinski definition) is 25. The number of nitrogens with zero attached hydrogens (tertiary/aromatic N) is 10. The molecule has 7 fully saturated rings. The number of pyridine rings is 4. The first-order chi connectivity index (χ1) is 64.1. The van der Waals surface area contributed by atoms with E-state index in [1.807, 2.05) is 4.90 Å². The van der Waals surface area contributed by atoms with Crippen molar-refractivity contribution >= 4 is 76.8 Å². The van der Waals surface area contributed by atoms with E-state index in [0.29, 0.717) is 37.8 Å². The Morgan fingerprint density at radius 1 is 0.453 bits per heavy atom. The SMILES string of the molecule is CC1CCCCC1.COC(=O)c1c(OC)c(=O)c(C(=O)NCc2ccc(F)cc2F)cn1CC(O)O.COc1c2n(cc(C(=O)NCc3ccc(F)cc3F)c1=O)CC1N3CCC[C@H](C3)N1C2=O.O=C(NCc1ccc(F)cc1F)c1cn2c(c(O)c1=O)C(=O)N1C(C2)N2CCC[C@@H]1C2.O=C(NCc1ccc(F)cc1F)c1cn2c(c(O)c1=O)C(=O)N1C(C2)N2CCC[C@@H]1C2.O=CO[O-].[Br-].[Br-].[H-].[K+].[K+].[Mg+2]. The second-order valence-electron chi connectivity index (χ2n) is 33.3. The summed E-state index contributed by atoms with van der Waals surface area (Å²) >= 11 is 0. The average molecular weight is 2140 g/mol. The zero-order valence-corrected chi connectivity index (χ0v) is 87.0. The number of rotatable bonds is 18. The standard InChI is InChI=1S/C22H22F2N4O4.2C21H20F2N4O4.C18H18F2N2O7.C7H14.CH2O3.2BrH.2K.Mg.H/c1-32-20-18-22(31)28-14-3-2-6-26(9-14)17(28)11-27(18)10-15(19(20)29)21(30)25-8-12-4-5-13(23)7-16(12)24;2*22-12-4-3-11(15(23)6-12)7-24-20(30)14-9-26-10-16-25-5-1-2-13(8-25)27(16)21(31)17(26)19(29)18(14)28;1-28-16-14(18(27)29-2)22(8-13(23)24)7-11(15(16)25)17(26)21-6-9-3-4-10(19)5-12(9)20;1-7-5-3-2-4-6-7;2-1-4-3;;;;;;/h4-5,7,10,14,17H,2-3,6,8-9,11H2,1H3,(H,25,30);2*3-4,6,9,13,16,29H,1-2,5,7-8,10H2,(H,24,30);3-5,7,13,23-24H,6,8H2,1-2H3,(H,21,26);7H,2-6H2,1H3;1,3H;2*1H;;;;/q;;;;;;;;2*+1;+2;-1/p-3/t14-,17?;2*13-,16?;;;;;;;;;/m111........./s1.